The van der Waals surface area contributed by atoms with Gasteiger partial charge in [-0.1, -0.05) is 13.8 Å². The minimum atomic E-state index is -0.367. The predicted octanol–water partition coefficient (Wildman–Crippen LogP) is 1.25. The van der Waals surface area contributed by atoms with Crippen LogP contribution < -0.4 is 5.73 Å². The third-order valence-corrected chi connectivity index (χ3v) is 4.10. The minimum absolute atomic E-state index is 0.192. The topological polar surface area (TPSA) is 55.6 Å². The average molecular weight is 242 g/mol. The summed E-state index contributed by atoms with van der Waals surface area (Å²) in [4.78, 5) is 14.3. The van der Waals surface area contributed by atoms with Crippen molar-refractivity contribution in [3.8, 4) is 0 Å². The molecule has 0 bridgehead atoms. The SMILES string of the molecule is CCC(CC)(CN)C(=O)N(C)CC1CCOC1. The zero-order valence-corrected chi connectivity index (χ0v) is 11.4. The molecule has 0 aromatic carbocycles. The van der Waals surface area contributed by atoms with Crippen molar-refractivity contribution < 1.29 is 9.53 Å². The third-order valence-electron chi connectivity index (χ3n) is 4.10. The van der Waals surface area contributed by atoms with E-state index in [-0.39, 0.29) is 11.3 Å². The molecule has 1 aliphatic rings. The fourth-order valence-corrected chi connectivity index (χ4v) is 2.53. The number of rotatable bonds is 6. The van der Waals surface area contributed by atoms with E-state index in [9.17, 15) is 4.79 Å². The molecule has 0 saturated carbocycles. The molecule has 4 nitrogen and oxygen atoms in total. The van der Waals surface area contributed by atoms with Gasteiger partial charge in [-0.15, -0.1) is 0 Å². The maximum Gasteiger partial charge on any atom is 0.229 e. The van der Waals surface area contributed by atoms with Gasteiger partial charge in [0.05, 0.1) is 12.0 Å². The van der Waals surface area contributed by atoms with Crippen LogP contribution in [0.15, 0.2) is 0 Å². The van der Waals surface area contributed by atoms with E-state index in [2.05, 4.69) is 0 Å². The summed E-state index contributed by atoms with van der Waals surface area (Å²) in [5.74, 6) is 0.685. The Balaban J connectivity index is 2.59. The highest BCUT2D eigenvalue weighted by atomic mass is 16.5. The van der Waals surface area contributed by atoms with Crippen LogP contribution in [0.25, 0.3) is 0 Å². The van der Waals surface area contributed by atoms with Crippen LogP contribution in [-0.2, 0) is 9.53 Å². The predicted molar refractivity (Wildman–Crippen MR) is 68.6 cm³/mol. The minimum Gasteiger partial charge on any atom is -0.381 e. The summed E-state index contributed by atoms with van der Waals surface area (Å²) in [6.07, 6.45) is 2.68. The first-order chi connectivity index (χ1) is 8.09. The zero-order chi connectivity index (χ0) is 12.9. The van der Waals surface area contributed by atoms with Gasteiger partial charge in [0.1, 0.15) is 0 Å². The lowest BCUT2D eigenvalue weighted by Crippen LogP contribution is -2.47. The van der Waals surface area contributed by atoms with Gasteiger partial charge < -0.3 is 15.4 Å². The van der Waals surface area contributed by atoms with E-state index in [1.165, 1.54) is 0 Å². The Bertz CT molecular complexity index is 238. The molecule has 1 amide bonds. The van der Waals surface area contributed by atoms with E-state index < -0.39 is 0 Å². The molecular weight excluding hydrogens is 216 g/mol. The van der Waals surface area contributed by atoms with Gasteiger partial charge in [-0.05, 0) is 19.3 Å². The van der Waals surface area contributed by atoms with Crippen LogP contribution in [0.4, 0.5) is 0 Å². The Morgan fingerprint density at radius 3 is 2.53 bits per heavy atom. The van der Waals surface area contributed by atoms with Crippen molar-refractivity contribution >= 4 is 5.91 Å². The van der Waals surface area contributed by atoms with Crippen molar-refractivity contribution in [1.82, 2.24) is 4.90 Å². The Morgan fingerprint density at radius 1 is 1.47 bits per heavy atom. The molecule has 0 aromatic heterocycles. The second kappa shape index (κ2) is 6.36. The van der Waals surface area contributed by atoms with Crippen LogP contribution in [0.5, 0.6) is 0 Å². The van der Waals surface area contributed by atoms with Gasteiger partial charge in [0.15, 0.2) is 0 Å². The molecule has 1 rings (SSSR count). The molecule has 1 saturated heterocycles. The van der Waals surface area contributed by atoms with Crippen molar-refractivity contribution in [2.45, 2.75) is 33.1 Å². The standard InChI is InChI=1S/C13H26N2O2/c1-4-13(5-2,10-14)12(16)15(3)8-11-6-7-17-9-11/h11H,4-10,14H2,1-3H3. The lowest BCUT2D eigenvalue weighted by molar-refractivity contribution is -0.141. The summed E-state index contributed by atoms with van der Waals surface area (Å²) in [5, 5.41) is 0. The lowest BCUT2D eigenvalue weighted by Gasteiger charge is -2.34. The van der Waals surface area contributed by atoms with Gasteiger partial charge >= 0.3 is 0 Å². The molecule has 4 heteroatoms. The summed E-state index contributed by atoms with van der Waals surface area (Å²) in [6, 6.07) is 0. The zero-order valence-electron chi connectivity index (χ0n) is 11.4. The van der Waals surface area contributed by atoms with Crippen LogP contribution in [0.3, 0.4) is 0 Å². The molecule has 2 N–H and O–H groups in total. The van der Waals surface area contributed by atoms with E-state index in [1.807, 2.05) is 25.8 Å². The highest BCUT2D eigenvalue weighted by Gasteiger charge is 2.36. The number of nitrogens with two attached hydrogens (primary N) is 1. The first-order valence-electron chi connectivity index (χ1n) is 6.63. The van der Waals surface area contributed by atoms with Gasteiger partial charge in [-0.2, -0.15) is 0 Å². The number of carbonyl (C=O) groups excluding carboxylic acids is 1. The molecule has 1 fully saturated rings. The quantitative estimate of drug-likeness (QED) is 0.762. The largest absolute Gasteiger partial charge is 0.381 e. The summed E-state index contributed by atoms with van der Waals surface area (Å²) in [7, 11) is 1.89. The number of ether oxygens (including phenoxy) is 1. The van der Waals surface area contributed by atoms with Gasteiger partial charge in [0.25, 0.3) is 0 Å². The van der Waals surface area contributed by atoms with E-state index in [0.29, 0.717) is 12.5 Å². The molecule has 0 aliphatic carbocycles. The van der Waals surface area contributed by atoms with Gasteiger partial charge in [0.2, 0.25) is 5.91 Å². The molecule has 0 spiro atoms. The lowest BCUT2D eigenvalue weighted by atomic mass is 9.81. The van der Waals surface area contributed by atoms with Crippen LogP contribution in [0.2, 0.25) is 0 Å². The second-order valence-electron chi connectivity index (χ2n) is 5.11. The van der Waals surface area contributed by atoms with Crippen molar-refractivity contribution in [2.24, 2.45) is 17.1 Å². The fraction of sp³-hybridized carbons (Fsp3) is 0.923. The third kappa shape index (κ3) is 3.19. The van der Waals surface area contributed by atoms with E-state index in [0.717, 1.165) is 39.0 Å². The first kappa shape index (κ1) is 14.5. The Labute approximate surface area is 104 Å². The monoisotopic (exact) mass is 242 g/mol. The molecule has 100 valence electrons. The summed E-state index contributed by atoms with van der Waals surface area (Å²) in [6.45, 7) is 6.92. The summed E-state index contributed by atoms with van der Waals surface area (Å²) < 4.78 is 5.34. The summed E-state index contributed by atoms with van der Waals surface area (Å²) >= 11 is 0. The van der Waals surface area contributed by atoms with Crippen molar-refractivity contribution in [3.05, 3.63) is 0 Å². The number of hydrogen-bond donors (Lipinski definition) is 1. The number of amides is 1. The molecule has 0 aromatic rings. The van der Waals surface area contributed by atoms with E-state index in [4.69, 9.17) is 10.5 Å². The number of hydrogen-bond acceptors (Lipinski definition) is 3. The van der Waals surface area contributed by atoms with E-state index in [1.54, 1.807) is 0 Å². The molecule has 1 atom stereocenters. The van der Waals surface area contributed by atoms with Crippen LogP contribution in [-0.4, -0.2) is 44.2 Å². The highest BCUT2D eigenvalue weighted by molar-refractivity contribution is 5.82. The Hall–Kier alpha value is -0.610. The summed E-state index contributed by atoms with van der Waals surface area (Å²) in [5.41, 5.74) is 5.44. The molecule has 17 heavy (non-hydrogen) atoms. The molecule has 1 unspecified atom stereocenters. The number of carbonyl (C=O) groups is 1. The first-order valence-corrected chi connectivity index (χ1v) is 6.63. The smallest absolute Gasteiger partial charge is 0.229 e. The Morgan fingerprint density at radius 2 is 2.12 bits per heavy atom. The highest BCUT2D eigenvalue weighted by Crippen LogP contribution is 2.28. The van der Waals surface area contributed by atoms with Gasteiger partial charge in [-0.3, -0.25) is 4.79 Å². The van der Waals surface area contributed by atoms with Gasteiger partial charge in [-0.25, -0.2) is 0 Å². The van der Waals surface area contributed by atoms with Crippen molar-refractivity contribution in [1.29, 1.82) is 0 Å². The van der Waals surface area contributed by atoms with Crippen molar-refractivity contribution in [2.75, 3.05) is 33.4 Å². The fourth-order valence-electron chi connectivity index (χ4n) is 2.53. The van der Waals surface area contributed by atoms with Gasteiger partial charge in [0, 0.05) is 32.7 Å². The van der Waals surface area contributed by atoms with E-state index >= 15 is 0 Å². The van der Waals surface area contributed by atoms with Crippen LogP contribution in [0, 0.1) is 11.3 Å². The van der Waals surface area contributed by atoms with Crippen LogP contribution >= 0.6 is 0 Å². The maximum absolute atomic E-state index is 12.5. The molecular formula is C13H26N2O2. The van der Waals surface area contributed by atoms with Crippen molar-refractivity contribution in [3.63, 3.8) is 0 Å². The molecule has 0 radical (unpaired) electrons. The maximum atomic E-state index is 12.5. The normalized spacial score (nSPS) is 20.6. The molecule has 1 heterocycles. The van der Waals surface area contributed by atoms with Crippen LogP contribution in [0.1, 0.15) is 33.1 Å². The Kier molecular flexibility index (Phi) is 5.40. The second-order valence-corrected chi connectivity index (χ2v) is 5.11. The number of nitrogens with zero attached hydrogens (tertiary/aromatic N) is 1. The molecule has 1 aliphatic heterocycles. The average Bonchev–Trinajstić information content (AvgIpc) is 2.84.